The van der Waals surface area contributed by atoms with E-state index in [-0.39, 0.29) is 49.4 Å². The molecule has 5 rings (SSSR count). The number of phenols is 1. The molecule has 40 heteroatoms. The average Bonchev–Trinajstić information content (AvgIpc) is 1.60. The molecule has 4 aromatic carbocycles. The number of hydrogen-bond donors (Lipinski definition) is 15. The number of aldehydes is 1. The number of aromatic nitrogens is 1. The van der Waals surface area contributed by atoms with Crippen LogP contribution < -0.4 is 58.1 Å². The van der Waals surface area contributed by atoms with Crippen molar-refractivity contribution in [3.05, 3.63) is 132 Å². The molecule has 9 atom stereocenters. The number of unbranched alkanes of at least 4 members (excludes halogenated alkanes) is 1. The number of carboxylic acids is 1. The molecule has 0 bridgehead atoms. The molecule has 1 aromatic heterocycles. The van der Waals surface area contributed by atoms with E-state index in [0.29, 0.717) is 52.3 Å². The third-order valence-corrected chi connectivity index (χ3v) is 20.1. The largest absolute Gasteiger partial charge is 0.524 e. The number of phosphoric acid groups is 1. The highest BCUT2D eigenvalue weighted by Gasteiger charge is 2.41. The molecule has 0 spiro atoms. The van der Waals surface area contributed by atoms with E-state index in [0.717, 1.165) is 24.5 Å². The van der Waals surface area contributed by atoms with Crippen LogP contribution >= 0.6 is 19.6 Å². The number of fused-ring (bicyclic) bond motifs is 1. The van der Waals surface area contributed by atoms with Gasteiger partial charge in [0.25, 0.3) is 0 Å². The standard InChI is InChI=1S/C78H107N16O22PS/c1-12-13-23-60(93(9)74(109)48(5)92(8)75(110)59(87-66(101)43-118-11)33-51-26-30-54(31-27-51)116-117(113,114)115)76(111)91(7)41-64(99)86-58(35-68(103)104)72(107)88-69(46(2)3)77(112)94(10)61(34-49-19-15-14-16-20-49)73(108)83-40-67(102)90(6)42-65(100)89-78(45-95,36-52-37-80-56-22-18-17-21-55(52)56)44-84-57(32-50-24-28-53(96)29-25-50)71(106)85-47(4)70(105)82-39-63(98)81-38-62(79)97/h14-22,24-31,37,45-48,57-61,69,80,84,96H,12-13,23,32-36,38-44H2,1-11H3,(H2,79,97)(H,81,98)(H,82,105)(H,83,108)(H,85,106)(H,86,99)(H,87,101)(H,88,107)(H,89,100)(H,103,104)(H2,113,114,115)/t47-,48-,57-,58?,59-,60-,61-,69-,78+/m0/s1. The first kappa shape index (κ1) is 96.8. The van der Waals surface area contributed by atoms with E-state index in [1.165, 1.54) is 109 Å². The summed E-state index contributed by atoms with van der Waals surface area (Å²) in [4.78, 5) is 245. The van der Waals surface area contributed by atoms with E-state index in [9.17, 15) is 101 Å². The van der Waals surface area contributed by atoms with Gasteiger partial charge in [0, 0.05) is 78.1 Å². The molecule has 0 radical (unpaired) electrons. The van der Waals surface area contributed by atoms with Crippen LogP contribution in [0.25, 0.3) is 10.9 Å². The Bertz CT molecular complexity index is 4420. The summed E-state index contributed by atoms with van der Waals surface area (Å²) in [5.74, 6) is -14.1. The Balaban J connectivity index is 1.29. The highest BCUT2D eigenvalue weighted by Crippen LogP contribution is 2.37. The van der Waals surface area contributed by atoms with Crippen LogP contribution in [0.15, 0.2) is 109 Å². The number of aromatic amines is 1. The van der Waals surface area contributed by atoms with E-state index < -0.39 is 202 Å². The van der Waals surface area contributed by atoms with Crippen molar-refractivity contribution in [2.45, 2.75) is 140 Å². The number of thioether (sulfide) groups is 1. The van der Waals surface area contributed by atoms with E-state index in [2.05, 4.69) is 57.4 Å². The Labute approximate surface area is 686 Å². The molecular weight excluding hydrogens is 1580 g/mol. The summed E-state index contributed by atoms with van der Waals surface area (Å²) in [5, 5.41) is 43.8. The van der Waals surface area contributed by atoms with Gasteiger partial charge in [-0.25, -0.2) is 4.57 Å². The molecule has 38 nitrogen and oxygen atoms in total. The fraction of sp³-hybridized carbons (Fsp3) is 0.462. The number of hydrogen-bond acceptors (Lipinski definition) is 21. The number of amides is 14. The van der Waals surface area contributed by atoms with Gasteiger partial charge in [-0.2, -0.15) is 11.8 Å². The molecule has 0 saturated carbocycles. The van der Waals surface area contributed by atoms with Gasteiger partial charge in [0.15, 0.2) is 0 Å². The lowest BCUT2D eigenvalue weighted by molar-refractivity contribution is -0.150. The molecule has 16 N–H and O–H groups in total. The number of carbonyl (C=O) groups is 16. The normalized spacial score (nSPS) is 13.7. The van der Waals surface area contributed by atoms with Crippen molar-refractivity contribution in [2.75, 3.05) is 86.5 Å². The van der Waals surface area contributed by atoms with Gasteiger partial charge in [-0.15, -0.1) is 0 Å². The molecule has 0 aliphatic heterocycles. The Morgan fingerprint density at radius 1 is 0.602 bits per heavy atom. The molecule has 5 aromatic rings. The van der Waals surface area contributed by atoms with E-state index in [1.54, 1.807) is 80.9 Å². The number of aromatic hydroxyl groups is 1. The molecule has 0 aliphatic rings. The van der Waals surface area contributed by atoms with Crippen molar-refractivity contribution in [2.24, 2.45) is 11.7 Å². The third kappa shape index (κ3) is 30.7. The maximum atomic E-state index is 14.8. The maximum Gasteiger partial charge on any atom is 0.524 e. The van der Waals surface area contributed by atoms with Crippen LogP contribution in [-0.2, 0) is 107 Å². The predicted molar refractivity (Wildman–Crippen MR) is 433 cm³/mol. The zero-order chi connectivity index (χ0) is 87.9. The van der Waals surface area contributed by atoms with Crippen molar-refractivity contribution >= 4 is 125 Å². The maximum absolute atomic E-state index is 14.8. The second-order valence-electron chi connectivity index (χ2n) is 28.8. The number of rotatable bonds is 48. The van der Waals surface area contributed by atoms with Gasteiger partial charge >= 0.3 is 13.8 Å². The van der Waals surface area contributed by atoms with Gasteiger partial charge in [-0.3, -0.25) is 81.7 Å². The Morgan fingerprint density at radius 2 is 1.18 bits per heavy atom. The number of phosphoric ester groups is 1. The van der Waals surface area contributed by atoms with Crippen LogP contribution in [0.3, 0.4) is 0 Å². The predicted octanol–water partition coefficient (Wildman–Crippen LogP) is -1.48. The molecule has 0 fully saturated rings. The number of nitrogens with zero attached hydrogens (tertiary/aromatic N) is 5. The zero-order valence-electron chi connectivity index (χ0n) is 67.6. The van der Waals surface area contributed by atoms with Crippen molar-refractivity contribution in [3.63, 3.8) is 0 Å². The number of phenolic OH excluding ortho intramolecular Hbond substituents is 1. The number of H-pyrrole nitrogens is 1. The minimum absolute atomic E-state index is 0.0241. The van der Waals surface area contributed by atoms with Crippen molar-refractivity contribution in [3.8, 4) is 11.5 Å². The van der Waals surface area contributed by atoms with E-state index >= 15 is 0 Å². The highest BCUT2D eigenvalue weighted by atomic mass is 32.2. The van der Waals surface area contributed by atoms with Gasteiger partial charge in [0.05, 0.1) is 50.9 Å². The van der Waals surface area contributed by atoms with Crippen molar-refractivity contribution < 1.29 is 106 Å². The van der Waals surface area contributed by atoms with Gasteiger partial charge in [0.1, 0.15) is 65.6 Å². The number of benzene rings is 4. The lowest BCUT2D eigenvalue weighted by Gasteiger charge is -2.35. The Kier molecular flexibility index (Phi) is 37.9. The summed E-state index contributed by atoms with van der Waals surface area (Å²) in [6.07, 6.45) is 3.17. The van der Waals surface area contributed by atoms with Gasteiger partial charge in [-0.1, -0.05) is 106 Å². The number of aliphatic carboxylic acids is 1. The SMILES string of the molecule is CCCC[C@@H](C(=O)N(C)CC(=O)NC(CC(=O)O)C(=O)N[C@H](C(=O)N(C)[C@@H](Cc1ccccc1)C(=O)NCC(=O)N(C)CC(=O)N[C@@](C=O)(CN[C@@H](Cc1ccc(O)cc1)C(=O)N[C@@H](C)C(=O)NCC(=O)NCC(N)=O)Cc1c[nH]c2ccccc12)C(C)C)N(C)C(=O)[C@H](C)N(C)C(=O)[C@H](Cc1ccc(OP(=O)(O)O)cc1)NC(=O)CSC. The van der Waals surface area contributed by atoms with Gasteiger partial charge < -0.3 is 103 Å². The fourth-order valence-corrected chi connectivity index (χ4v) is 13.2. The van der Waals surface area contributed by atoms with Gasteiger partial charge in [0.2, 0.25) is 82.7 Å². The summed E-state index contributed by atoms with van der Waals surface area (Å²) in [6, 6.07) is 15.6. The number of para-hydroxylation sites is 1. The monoisotopic (exact) mass is 1680 g/mol. The minimum atomic E-state index is -4.89. The molecule has 118 heavy (non-hydrogen) atoms. The minimum Gasteiger partial charge on any atom is -0.508 e. The first-order chi connectivity index (χ1) is 55.6. The summed E-state index contributed by atoms with van der Waals surface area (Å²) < 4.78 is 16.0. The number of nitrogens with two attached hydrogens (primary N) is 1. The molecule has 0 aliphatic carbocycles. The van der Waals surface area contributed by atoms with Crippen molar-refractivity contribution in [1.29, 1.82) is 0 Å². The molecule has 0 saturated heterocycles. The lowest BCUT2D eigenvalue weighted by atomic mass is 9.90. The van der Waals surface area contributed by atoms with Crippen molar-refractivity contribution in [1.82, 2.24) is 77.3 Å². The molecule has 1 unspecified atom stereocenters. The lowest BCUT2D eigenvalue weighted by Crippen LogP contribution is -2.62. The van der Waals surface area contributed by atoms with E-state index in [1.807, 2.05) is 6.92 Å². The Morgan fingerprint density at radius 3 is 1.78 bits per heavy atom. The summed E-state index contributed by atoms with van der Waals surface area (Å²) in [6.45, 7) is 3.90. The van der Waals surface area contributed by atoms with Crippen LogP contribution in [-0.4, -0.2) is 285 Å². The summed E-state index contributed by atoms with van der Waals surface area (Å²) >= 11 is 1.19. The number of likely N-dealkylation sites (N-methyl/N-ethyl adjacent to an activating group) is 5. The molecular formula is C78H107N16O22PS. The van der Waals surface area contributed by atoms with Crippen LogP contribution in [0.5, 0.6) is 11.5 Å². The first-order valence-corrected chi connectivity index (χ1v) is 40.5. The number of nitrogens with one attached hydrogen (secondary N) is 10. The summed E-state index contributed by atoms with van der Waals surface area (Å²) in [5.41, 5.74) is 5.91. The quantitative estimate of drug-likeness (QED) is 0.0156. The highest BCUT2D eigenvalue weighted by molar-refractivity contribution is 7.99. The van der Waals surface area contributed by atoms with Crippen LogP contribution in [0, 0.1) is 5.92 Å². The summed E-state index contributed by atoms with van der Waals surface area (Å²) in [7, 11) is 1.51. The van der Waals surface area contributed by atoms with Gasteiger partial charge in [-0.05, 0) is 91.4 Å². The molecule has 1 heterocycles. The molecule has 14 amide bonds. The van der Waals surface area contributed by atoms with Crippen LogP contribution in [0.1, 0.15) is 82.6 Å². The van der Waals surface area contributed by atoms with Crippen LogP contribution in [0.4, 0.5) is 0 Å². The number of carboxylic acid groups (broad SMARTS) is 1. The Hall–Kier alpha value is -11.8. The number of carbonyl (C=O) groups excluding carboxylic acids is 15. The third-order valence-electron chi connectivity index (χ3n) is 19.1. The first-order valence-electron chi connectivity index (χ1n) is 37.6. The second kappa shape index (κ2) is 46.2. The smallest absolute Gasteiger partial charge is 0.508 e. The zero-order valence-corrected chi connectivity index (χ0v) is 69.3. The molecule has 642 valence electrons. The fourth-order valence-electron chi connectivity index (χ4n) is 12.4. The average molecular weight is 1680 g/mol. The number of primary amides is 1. The second-order valence-corrected chi connectivity index (χ2v) is 30.9. The topological polar surface area (TPSA) is 547 Å². The van der Waals surface area contributed by atoms with Crippen LogP contribution in [0.2, 0.25) is 0 Å². The van der Waals surface area contributed by atoms with E-state index in [4.69, 9.17) is 5.73 Å².